The van der Waals surface area contributed by atoms with Gasteiger partial charge in [0.1, 0.15) is 0 Å². The third-order valence-electron chi connectivity index (χ3n) is 3.16. The van der Waals surface area contributed by atoms with Gasteiger partial charge in [-0.3, -0.25) is 10.1 Å². The van der Waals surface area contributed by atoms with E-state index in [1.54, 1.807) is 12.1 Å². The molecule has 2 aromatic carbocycles. The Balaban J connectivity index is 1.91. The topological polar surface area (TPSA) is 82.1 Å². The van der Waals surface area contributed by atoms with Crippen molar-refractivity contribution in [3.8, 4) is 0 Å². The van der Waals surface area contributed by atoms with Gasteiger partial charge >= 0.3 is 0 Å². The molecular weight excluding hydrogens is 300 g/mol. The number of carboxylic acid groups (broad SMARTS) is 1. The van der Waals surface area contributed by atoms with Gasteiger partial charge in [0.05, 0.1) is 16.2 Å². The molecule has 5 nitrogen and oxygen atoms in total. The third-order valence-corrected chi connectivity index (χ3v) is 4.09. The SMILES string of the molecule is Cc1ccc2nc(NC(=O)c3ccccc3C(=O)[O-])sc2c1. The Labute approximate surface area is 130 Å². The molecule has 0 unspecified atom stereocenters. The zero-order valence-electron chi connectivity index (χ0n) is 11.6. The number of rotatable bonds is 3. The summed E-state index contributed by atoms with van der Waals surface area (Å²) < 4.78 is 0.962. The maximum Gasteiger partial charge on any atom is 0.258 e. The van der Waals surface area contributed by atoms with Crippen LogP contribution in [0.4, 0.5) is 5.13 Å². The minimum absolute atomic E-state index is 0.0536. The fourth-order valence-electron chi connectivity index (χ4n) is 2.11. The number of aryl methyl sites for hydroxylation is 1. The van der Waals surface area contributed by atoms with Gasteiger partial charge in [0.15, 0.2) is 5.13 Å². The van der Waals surface area contributed by atoms with Crippen LogP contribution in [0.15, 0.2) is 42.5 Å². The second-order valence-corrected chi connectivity index (χ2v) is 5.81. The van der Waals surface area contributed by atoms with Gasteiger partial charge < -0.3 is 9.90 Å². The summed E-state index contributed by atoms with van der Waals surface area (Å²) in [5.41, 5.74) is 1.81. The molecule has 1 heterocycles. The summed E-state index contributed by atoms with van der Waals surface area (Å²) >= 11 is 1.34. The van der Waals surface area contributed by atoms with Crippen molar-refractivity contribution in [2.45, 2.75) is 6.92 Å². The van der Waals surface area contributed by atoms with Crippen LogP contribution >= 0.6 is 11.3 Å². The number of aromatic nitrogens is 1. The van der Waals surface area contributed by atoms with Gasteiger partial charge in [-0.2, -0.15) is 0 Å². The van der Waals surface area contributed by atoms with E-state index in [-0.39, 0.29) is 11.1 Å². The molecule has 1 aromatic heterocycles. The van der Waals surface area contributed by atoms with Crippen molar-refractivity contribution in [2.24, 2.45) is 0 Å². The summed E-state index contributed by atoms with van der Waals surface area (Å²) in [7, 11) is 0. The first kappa shape index (κ1) is 14.2. The van der Waals surface area contributed by atoms with Crippen molar-refractivity contribution in [1.29, 1.82) is 0 Å². The van der Waals surface area contributed by atoms with Crippen LogP contribution in [-0.2, 0) is 0 Å². The minimum Gasteiger partial charge on any atom is -0.545 e. The molecule has 0 aliphatic rings. The van der Waals surface area contributed by atoms with E-state index >= 15 is 0 Å². The monoisotopic (exact) mass is 311 g/mol. The van der Waals surface area contributed by atoms with Gasteiger partial charge in [-0.1, -0.05) is 35.6 Å². The Morgan fingerprint density at radius 2 is 1.86 bits per heavy atom. The molecule has 0 aliphatic carbocycles. The highest BCUT2D eigenvalue weighted by atomic mass is 32.1. The van der Waals surface area contributed by atoms with E-state index in [1.165, 1.54) is 23.5 Å². The van der Waals surface area contributed by atoms with Crippen LogP contribution in [0.25, 0.3) is 10.2 Å². The molecule has 3 rings (SSSR count). The highest BCUT2D eigenvalue weighted by Gasteiger charge is 2.14. The molecule has 0 radical (unpaired) electrons. The number of carbonyl (C=O) groups excluding carboxylic acids is 2. The summed E-state index contributed by atoms with van der Waals surface area (Å²) in [6.07, 6.45) is 0. The van der Waals surface area contributed by atoms with Crippen molar-refractivity contribution in [3.05, 3.63) is 59.2 Å². The van der Waals surface area contributed by atoms with Gasteiger partial charge in [0.2, 0.25) is 0 Å². The number of nitrogens with one attached hydrogen (secondary N) is 1. The van der Waals surface area contributed by atoms with Crippen LogP contribution in [0.3, 0.4) is 0 Å². The Morgan fingerprint density at radius 3 is 2.59 bits per heavy atom. The standard InChI is InChI=1S/C16H12N2O3S/c1-9-6-7-12-13(8-9)22-16(17-12)18-14(19)10-4-2-3-5-11(10)15(20)21/h2-8H,1H3,(H,20,21)(H,17,18,19)/p-1. The van der Waals surface area contributed by atoms with Crippen molar-refractivity contribution in [3.63, 3.8) is 0 Å². The van der Waals surface area contributed by atoms with E-state index in [4.69, 9.17) is 0 Å². The highest BCUT2D eigenvalue weighted by Crippen LogP contribution is 2.27. The molecule has 0 spiro atoms. The number of amides is 1. The number of benzene rings is 2. The van der Waals surface area contributed by atoms with Gasteiger partial charge in [0, 0.05) is 11.1 Å². The molecule has 1 amide bonds. The van der Waals surface area contributed by atoms with Crippen molar-refractivity contribution >= 4 is 38.6 Å². The van der Waals surface area contributed by atoms with Gasteiger partial charge in [0.25, 0.3) is 5.91 Å². The molecule has 0 atom stereocenters. The average molecular weight is 311 g/mol. The summed E-state index contributed by atoms with van der Waals surface area (Å²) in [5.74, 6) is -1.90. The first-order valence-electron chi connectivity index (χ1n) is 6.53. The average Bonchev–Trinajstić information content (AvgIpc) is 2.88. The van der Waals surface area contributed by atoms with Gasteiger partial charge in [-0.15, -0.1) is 0 Å². The summed E-state index contributed by atoms with van der Waals surface area (Å²) in [4.78, 5) is 27.6. The van der Waals surface area contributed by atoms with Crippen molar-refractivity contribution in [1.82, 2.24) is 4.98 Å². The molecule has 0 saturated carbocycles. The Morgan fingerprint density at radius 1 is 1.14 bits per heavy atom. The van der Waals surface area contributed by atoms with Crippen LogP contribution in [0.5, 0.6) is 0 Å². The molecule has 0 fully saturated rings. The van der Waals surface area contributed by atoms with E-state index < -0.39 is 11.9 Å². The zero-order valence-corrected chi connectivity index (χ0v) is 12.4. The number of hydrogen-bond acceptors (Lipinski definition) is 5. The fraction of sp³-hybridized carbons (Fsp3) is 0.0625. The van der Waals surface area contributed by atoms with Crippen molar-refractivity contribution in [2.75, 3.05) is 5.32 Å². The van der Waals surface area contributed by atoms with Crippen LogP contribution in [0.2, 0.25) is 0 Å². The smallest absolute Gasteiger partial charge is 0.258 e. The number of carboxylic acids is 1. The van der Waals surface area contributed by atoms with E-state index in [9.17, 15) is 14.7 Å². The first-order valence-corrected chi connectivity index (χ1v) is 7.35. The summed E-state index contributed by atoms with van der Waals surface area (Å²) in [6, 6.07) is 11.7. The van der Waals surface area contributed by atoms with Crippen LogP contribution in [0, 0.1) is 6.92 Å². The summed E-state index contributed by atoms with van der Waals surface area (Å²) in [5, 5.41) is 14.1. The molecule has 0 aliphatic heterocycles. The lowest BCUT2D eigenvalue weighted by Gasteiger charge is -2.08. The molecule has 0 bridgehead atoms. The number of carbonyl (C=O) groups is 2. The number of thiazole rings is 1. The summed E-state index contributed by atoms with van der Waals surface area (Å²) in [6.45, 7) is 1.98. The number of hydrogen-bond donors (Lipinski definition) is 1. The lowest BCUT2D eigenvalue weighted by Crippen LogP contribution is -2.26. The second kappa shape index (κ2) is 5.57. The maximum atomic E-state index is 12.2. The lowest BCUT2D eigenvalue weighted by atomic mass is 10.1. The number of anilines is 1. The third kappa shape index (κ3) is 2.68. The highest BCUT2D eigenvalue weighted by molar-refractivity contribution is 7.22. The number of fused-ring (bicyclic) bond motifs is 1. The normalized spacial score (nSPS) is 10.6. The predicted molar refractivity (Wildman–Crippen MR) is 83.1 cm³/mol. The number of aromatic carboxylic acids is 1. The molecule has 110 valence electrons. The van der Waals surface area contributed by atoms with Crippen LogP contribution < -0.4 is 10.4 Å². The van der Waals surface area contributed by atoms with E-state index in [0.29, 0.717) is 5.13 Å². The molecular formula is C16H11N2O3S-. The molecule has 22 heavy (non-hydrogen) atoms. The quantitative estimate of drug-likeness (QED) is 0.804. The number of nitrogens with zero attached hydrogens (tertiary/aromatic N) is 1. The Bertz CT molecular complexity index is 886. The minimum atomic E-state index is -1.38. The fourth-order valence-corrected chi connectivity index (χ4v) is 3.07. The molecule has 0 saturated heterocycles. The predicted octanol–water partition coefficient (Wildman–Crippen LogP) is 2.22. The van der Waals surface area contributed by atoms with Crippen molar-refractivity contribution < 1.29 is 14.7 Å². The van der Waals surface area contributed by atoms with E-state index in [2.05, 4.69) is 10.3 Å². The largest absolute Gasteiger partial charge is 0.545 e. The van der Waals surface area contributed by atoms with E-state index in [0.717, 1.165) is 15.8 Å². The Kier molecular flexibility index (Phi) is 3.60. The molecule has 1 N–H and O–H groups in total. The molecule has 3 aromatic rings. The van der Waals surface area contributed by atoms with Crippen LogP contribution in [0.1, 0.15) is 26.3 Å². The lowest BCUT2D eigenvalue weighted by molar-refractivity contribution is -0.255. The zero-order chi connectivity index (χ0) is 15.7. The second-order valence-electron chi connectivity index (χ2n) is 4.78. The molecule has 6 heteroatoms. The Hall–Kier alpha value is -2.73. The van der Waals surface area contributed by atoms with Gasteiger partial charge in [-0.05, 0) is 30.7 Å². The van der Waals surface area contributed by atoms with Crippen LogP contribution in [-0.4, -0.2) is 16.9 Å². The van der Waals surface area contributed by atoms with E-state index in [1.807, 2.05) is 25.1 Å². The van der Waals surface area contributed by atoms with Gasteiger partial charge in [-0.25, -0.2) is 4.98 Å². The first-order chi connectivity index (χ1) is 10.5. The maximum absolute atomic E-state index is 12.2.